The summed E-state index contributed by atoms with van der Waals surface area (Å²) >= 11 is 0. The number of benzene rings is 1. The molecule has 2 aromatic rings. The highest BCUT2D eigenvalue weighted by Gasteiger charge is 2.31. The van der Waals surface area contributed by atoms with Crippen LogP contribution in [0.4, 0.5) is 0 Å². The molecule has 1 aromatic carbocycles. The Morgan fingerprint density at radius 3 is 2.71 bits per heavy atom. The molecule has 2 N–H and O–H groups in total. The summed E-state index contributed by atoms with van der Waals surface area (Å²) in [5.41, 5.74) is 2.98. The molecule has 0 bridgehead atoms. The number of nitrogens with one attached hydrogen (secondary N) is 2. The van der Waals surface area contributed by atoms with Gasteiger partial charge in [-0.05, 0) is 30.5 Å². The molecule has 4 heteroatoms. The van der Waals surface area contributed by atoms with Crippen LogP contribution in [0.1, 0.15) is 38.2 Å². The molecular formula is C17H18N2O2. The molecule has 2 heterocycles. The highest BCUT2D eigenvalue weighted by atomic mass is 16.2. The molecule has 0 fully saturated rings. The summed E-state index contributed by atoms with van der Waals surface area (Å²) in [6, 6.07) is 7.71. The van der Waals surface area contributed by atoms with Gasteiger partial charge in [0.15, 0.2) is 0 Å². The number of H-pyrrole nitrogens is 1. The summed E-state index contributed by atoms with van der Waals surface area (Å²) in [5.74, 6) is -0.515. The van der Waals surface area contributed by atoms with Gasteiger partial charge < -0.3 is 4.98 Å². The van der Waals surface area contributed by atoms with Gasteiger partial charge in [0.1, 0.15) is 0 Å². The molecule has 2 amide bonds. The van der Waals surface area contributed by atoms with Crippen molar-refractivity contribution in [1.82, 2.24) is 10.3 Å². The Labute approximate surface area is 123 Å². The Bertz CT molecular complexity index is 740. The van der Waals surface area contributed by atoms with E-state index >= 15 is 0 Å². The van der Waals surface area contributed by atoms with Gasteiger partial charge in [0.2, 0.25) is 0 Å². The van der Waals surface area contributed by atoms with Crippen molar-refractivity contribution in [3.63, 3.8) is 0 Å². The van der Waals surface area contributed by atoms with E-state index in [1.807, 2.05) is 30.5 Å². The molecule has 1 aliphatic rings. The number of hydrogen-bond donors (Lipinski definition) is 2. The van der Waals surface area contributed by atoms with Crippen molar-refractivity contribution in [3.8, 4) is 0 Å². The van der Waals surface area contributed by atoms with Crippen molar-refractivity contribution >= 4 is 28.3 Å². The van der Waals surface area contributed by atoms with Gasteiger partial charge in [-0.15, -0.1) is 0 Å². The molecular weight excluding hydrogens is 264 g/mol. The predicted molar refractivity (Wildman–Crippen MR) is 82.5 cm³/mol. The minimum absolute atomic E-state index is 0.237. The first-order valence-electron chi connectivity index (χ1n) is 7.37. The molecule has 0 saturated heterocycles. The van der Waals surface area contributed by atoms with Crippen LogP contribution in [0.3, 0.4) is 0 Å². The normalized spacial score (nSPS) is 15.1. The van der Waals surface area contributed by atoms with Crippen LogP contribution in [0.15, 0.2) is 36.0 Å². The second-order valence-electron chi connectivity index (χ2n) is 5.34. The molecule has 0 radical (unpaired) electrons. The van der Waals surface area contributed by atoms with Crippen molar-refractivity contribution in [3.05, 3.63) is 41.6 Å². The molecule has 108 valence electrons. The number of carbonyl (C=O) groups is 2. The third kappa shape index (κ3) is 2.37. The first kappa shape index (κ1) is 13.6. The van der Waals surface area contributed by atoms with E-state index in [2.05, 4.69) is 17.2 Å². The second-order valence-corrected chi connectivity index (χ2v) is 5.34. The third-order valence-electron chi connectivity index (χ3n) is 3.92. The number of amides is 2. The van der Waals surface area contributed by atoms with E-state index in [1.165, 1.54) is 0 Å². The zero-order valence-corrected chi connectivity index (χ0v) is 12.0. The number of rotatable bonds is 5. The lowest BCUT2D eigenvalue weighted by molar-refractivity contribution is -0.123. The quantitative estimate of drug-likeness (QED) is 0.653. The molecule has 0 spiro atoms. The van der Waals surface area contributed by atoms with E-state index in [0.717, 1.165) is 35.7 Å². The Kier molecular flexibility index (Phi) is 3.60. The zero-order valence-electron chi connectivity index (χ0n) is 12.0. The van der Waals surface area contributed by atoms with Crippen LogP contribution >= 0.6 is 0 Å². The first-order valence-corrected chi connectivity index (χ1v) is 7.37. The van der Waals surface area contributed by atoms with Crippen LogP contribution in [-0.4, -0.2) is 16.8 Å². The first-order chi connectivity index (χ1) is 10.2. The fourth-order valence-corrected chi connectivity index (χ4v) is 2.87. The summed E-state index contributed by atoms with van der Waals surface area (Å²) in [6.07, 6.45) is 5.58. The van der Waals surface area contributed by atoms with E-state index in [9.17, 15) is 9.59 Å². The fraction of sp³-hybridized carbons (Fsp3) is 0.294. The number of aromatic amines is 1. The van der Waals surface area contributed by atoms with Gasteiger partial charge in [-0.1, -0.05) is 31.9 Å². The Balaban J connectivity index is 2.09. The summed E-state index contributed by atoms with van der Waals surface area (Å²) in [6.45, 7) is 2.12. The maximum Gasteiger partial charge on any atom is 0.259 e. The highest BCUT2D eigenvalue weighted by molar-refractivity contribution is 6.37. The van der Waals surface area contributed by atoms with Crippen LogP contribution in [0.25, 0.3) is 16.5 Å². The second kappa shape index (κ2) is 5.56. The Hall–Kier alpha value is -2.36. The van der Waals surface area contributed by atoms with Crippen LogP contribution in [0.2, 0.25) is 0 Å². The number of unbranched alkanes of at least 4 members (excludes halogenated alkanes) is 2. The molecule has 0 saturated carbocycles. The minimum atomic E-state index is -0.278. The topological polar surface area (TPSA) is 62.0 Å². The Morgan fingerprint density at radius 1 is 1.05 bits per heavy atom. The lowest BCUT2D eigenvalue weighted by Gasteiger charge is -2.06. The van der Waals surface area contributed by atoms with Crippen LogP contribution < -0.4 is 5.32 Å². The fourth-order valence-electron chi connectivity index (χ4n) is 2.87. The van der Waals surface area contributed by atoms with Gasteiger partial charge in [0.05, 0.1) is 5.57 Å². The van der Waals surface area contributed by atoms with Gasteiger partial charge in [-0.25, -0.2) is 0 Å². The smallest absolute Gasteiger partial charge is 0.259 e. The van der Waals surface area contributed by atoms with E-state index in [-0.39, 0.29) is 11.8 Å². The summed E-state index contributed by atoms with van der Waals surface area (Å²) < 4.78 is 0. The lowest BCUT2D eigenvalue weighted by atomic mass is 9.95. The average Bonchev–Trinajstić information content (AvgIpc) is 3.04. The van der Waals surface area contributed by atoms with Gasteiger partial charge >= 0.3 is 0 Å². The predicted octanol–water partition coefficient (Wildman–Crippen LogP) is 3.16. The zero-order chi connectivity index (χ0) is 14.8. The van der Waals surface area contributed by atoms with E-state index in [4.69, 9.17) is 0 Å². The number of imide groups is 1. The van der Waals surface area contributed by atoms with Crippen LogP contribution in [0, 0.1) is 0 Å². The minimum Gasteiger partial charge on any atom is -0.361 e. The number of hydrogen-bond acceptors (Lipinski definition) is 2. The molecule has 0 atom stereocenters. The van der Waals surface area contributed by atoms with Gasteiger partial charge in [-0.2, -0.15) is 0 Å². The van der Waals surface area contributed by atoms with Crippen molar-refractivity contribution < 1.29 is 9.59 Å². The van der Waals surface area contributed by atoms with Crippen molar-refractivity contribution in [1.29, 1.82) is 0 Å². The van der Waals surface area contributed by atoms with Gasteiger partial charge in [0, 0.05) is 22.7 Å². The van der Waals surface area contributed by atoms with E-state index in [0.29, 0.717) is 17.6 Å². The molecule has 21 heavy (non-hydrogen) atoms. The number of fused-ring (bicyclic) bond motifs is 1. The molecule has 3 rings (SSSR count). The van der Waals surface area contributed by atoms with E-state index < -0.39 is 0 Å². The summed E-state index contributed by atoms with van der Waals surface area (Å²) in [5, 5.41) is 3.41. The molecule has 0 aliphatic carbocycles. The third-order valence-corrected chi connectivity index (χ3v) is 3.92. The van der Waals surface area contributed by atoms with Crippen molar-refractivity contribution in [2.75, 3.05) is 0 Å². The van der Waals surface area contributed by atoms with Crippen molar-refractivity contribution in [2.45, 2.75) is 32.6 Å². The summed E-state index contributed by atoms with van der Waals surface area (Å²) in [4.78, 5) is 27.4. The maximum absolute atomic E-state index is 12.2. The van der Waals surface area contributed by atoms with Crippen LogP contribution in [-0.2, 0) is 9.59 Å². The van der Waals surface area contributed by atoms with Gasteiger partial charge in [-0.3, -0.25) is 14.9 Å². The molecule has 4 nitrogen and oxygen atoms in total. The monoisotopic (exact) mass is 282 g/mol. The van der Waals surface area contributed by atoms with Gasteiger partial charge in [0.25, 0.3) is 11.8 Å². The van der Waals surface area contributed by atoms with Crippen molar-refractivity contribution in [2.24, 2.45) is 0 Å². The van der Waals surface area contributed by atoms with E-state index in [1.54, 1.807) is 0 Å². The largest absolute Gasteiger partial charge is 0.361 e. The lowest BCUT2D eigenvalue weighted by Crippen LogP contribution is -2.23. The molecule has 0 unspecified atom stereocenters. The average molecular weight is 282 g/mol. The maximum atomic E-state index is 12.2. The molecule has 1 aromatic heterocycles. The Morgan fingerprint density at radius 2 is 1.90 bits per heavy atom. The number of aromatic nitrogens is 1. The number of carbonyl (C=O) groups excluding carboxylic acids is 2. The van der Waals surface area contributed by atoms with Crippen LogP contribution in [0.5, 0.6) is 0 Å². The highest BCUT2D eigenvalue weighted by Crippen LogP contribution is 2.32. The summed E-state index contributed by atoms with van der Waals surface area (Å²) in [7, 11) is 0. The molecule has 1 aliphatic heterocycles. The standard InChI is InChI=1S/C17H18N2O2/c1-2-3-4-6-13-15(17(21)19-16(13)20)12-7-5-8-14-11(12)9-10-18-14/h5,7-10,18H,2-4,6H2,1H3,(H,19,20,21). The SMILES string of the molecule is CCCCCC1=C(c2cccc3[nH]ccc23)C(=O)NC1=O.